The van der Waals surface area contributed by atoms with Gasteiger partial charge in [0.15, 0.2) is 0 Å². The summed E-state index contributed by atoms with van der Waals surface area (Å²) in [6.45, 7) is 10.7. The predicted molar refractivity (Wildman–Crippen MR) is 71.5 cm³/mol. The quantitative estimate of drug-likeness (QED) is 0.845. The molecule has 5 nitrogen and oxygen atoms in total. The van der Waals surface area contributed by atoms with Crippen LogP contribution in [0, 0.1) is 0 Å². The first kappa shape index (κ1) is 13.2. The van der Waals surface area contributed by atoms with Gasteiger partial charge in [-0.2, -0.15) is 0 Å². The van der Waals surface area contributed by atoms with Crippen molar-refractivity contribution < 1.29 is 5.11 Å². The maximum atomic E-state index is 8.94. The van der Waals surface area contributed by atoms with Crippen LogP contribution in [0.4, 0.5) is 5.82 Å². The third-order valence-corrected chi connectivity index (χ3v) is 3.41. The monoisotopic (exact) mass is 250 g/mol. The van der Waals surface area contributed by atoms with E-state index in [0.717, 1.165) is 32.0 Å². The lowest BCUT2D eigenvalue weighted by Gasteiger charge is -2.42. The van der Waals surface area contributed by atoms with Gasteiger partial charge >= 0.3 is 0 Å². The van der Waals surface area contributed by atoms with Crippen LogP contribution in [-0.4, -0.2) is 51.7 Å². The van der Waals surface area contributed by atoms with E-state index in [1.54, 1.807) is 12.4 Å². The first-order valence-electron chi connectivity index (χ1n) is 6.42. The van der Waals surface area contributed by atoms with E-state index in [1.165, 1.54) is 0 Å². The summed E-state index contributed by atoms with van der Waals surface area (Å²) in [5, 5.41) is 8.94. The Morgan fingerprint density at radius 1 is 1.11 bits per heavy atom. The lowest BCUT2D eigenvalue weighted by atomic mass is 10.1. The molecule has 1 N–H and O–H groups in total. The highest BCUT2D eigenvalue weighted by Crippen LogP contribution is 2.18. The fourth-order valence-electron chi connectivity index (χ4n) is 2.20. The average molecular weight is 250 g/mol. The molecule has 1 aliphatic heterocycles. The Morgan fingerprint density at radius 3 is 2.22 bits per heavy atom. The van der Waals surface area contributed by atoms with Crippen molar-refractivity contribution in [3.8, 4) is 0 Å². The third kappa shape index (κ3) is 2.97. The second-order valence-electron chi connectivity index (χ2n) is 5.67. The van der Waals surface area contributed by atoms with E-state index < -0.39 is 0 Å². The maximum Gasteiger partial charge on any atom is 0.147 e. The van der Waals surface area contributed by atoms with Crippen LogP contribution >= 0.6 is 0 Å². The SMILES string of the molecule is CC(C)(C)N1CCN(c2cnc(CO)cn2)CC1. The topological polar surface area (TPSA) is 52.5 Å². The van der Waals surface area contributed by atoms with Crippen molar-refractivity contribution in [2.75, 3.05) is 31.1 Å². The molecule has 0 atom stereocenters. The Kier molecular flexibility index (Phi) is 3.82. The summed E-state index contributed by atoms with van der Waals surface area (Å²) in [5.74, 6) is 0.903. The lowest BCUT2D eigenvalue weighted by Crippen LogP contribution is -2.53. The molecule has 0 bridgehead atoms. The van der Waals surface area contributed by atoms with E-state index in [1.807, 2.05) is 0 Å². The van der Waals surface area contributed by atoms with E-state index in [0.29, 0.717) is 5.69 Å². The number of piperazine rings is 1. The molecule has 1 aromatic heterocycles. The average Bonchev–Trinajstić information content (AvgIpc) is 2.38. The molecule has 1 aromatic rings. The highest BCUT2D eigenvalue weighted by molar-refractivity contribution is 5.36. The molecule has 18 heavy (non-hydrogen) atoms. The Balaban J connectivity index is 1.96. The van der Waals surface area contributed by atoms with Gasteiger partial charge in [0.2, 0.25) is 0 Å². The van der Waals surface area contributed by atoms with Crippen molar-refractivity contribution in [3.63, 3.8) is 0 Å². The minimum absolute atomic E-state index is 0.0505. The molecular weight excluding hydrogens is 228 g/mol. The van der Waals surface area contributed by atoms with E-state index >= 15 is 0 Å². The molecule has 1 aliphatic rings. The molecule has 2 heterocycles. The number of anilines is 1. The molecule has 0 unspecified atom stereocenters. The number of nitrogens with zero attached hydrogens (tertiary/aromatic N) is 4. The predicted octanol–water partition coefficient (Wildman–Crippen LogP) is 0.889. The smallest absolute Gasteiger partial charge is 0.147 e. The number of hydrogen-bond acceptors (Lipinski definition) is 5. The summed E-state index contributed by atoms with van der Waals surface area (Å²) >= 11 is 0. The van der Waals surface area contributed by atoms with Crippen molar-refractivity contribution in [2.45, 2.75) is 32.9 Å². The van der Waals surface area contributed by atoms with Gasteiger partial charge in [-0.25, -0.2) is 4.98 Å². The van der Waals surface area contributed by atoms with Crippen molar-refractivity contribution in [2.24, 2.45) is 0 Å². The van der Waals surface area contributed by atoms with Crippen molar-refractivity contribution in [1.29, 1.82) is 0 Å². The second kappa shape index (κ2) is 5.20. The highest BCUT2D eigenvalue weighted by atomic mass is 16.3. The molecule has 0 aliphatic carbocycles. The van der Waals surface area contributed by atoms with Gasteiger partial charge in [-0.3, -0.25) is 9.88 Å². The summed E-state index contributed by atoms with van der Waals surface area (Å²) in [7, 11) is 0. The van der Waals surface area contributed by atoms with Gasteiger partial charge in [-0.1, -0.05) is 0 Å². The van der Waals surface area contributed by atoms with Crippen LogP contribution in [0.3, 0.4) is 0 Å². The van der Waals surface area contributed by atoms with Crippen LogP contribution in [-0.2, 0) is 6.61 Å². The van der Waals surface area contributed by atoms with Crippen LogP contribution < -0.4 is 4.90 Å². The van der Waals surface area contributed by atoms with Crippen LogP contribution in [0.5, 0.6) is 0 Å². The summed E-state index contributed by atoms with van der Waals surface area (Å²) in [4.78, 5) is 13.2. The van der Waals surface area contributed by atoms with Crippen LogP contribution in [0.1, 0.15) is 26.5 Å². The molecule has 1 fully saturated rings. The van der Waals surface area contributed by atoms with E-state index in [-0.39, 0.29) is 12.1 Å². The Bertz CT molecular complexity index is 377. The van der Waals surface area contributed by atoms with Gasteiger partial charge in [-0.15, -0.1) is 0 Å². The molecule has 5 heteroatoms. The Hall–Kier alpha value is -1.20. The normalized spacial score (nSPS) is 18.1. The van der Waals surface area contributed by atoms with E-state index in [2.05, 4.69) is 40.5 Å². The van der Waals surface area contributed by atoms with Crippen LogP contribution in [0.15, 0.2) is 12.4 Å². The first-order chi connectivity index (χ1) is 8.50. The minimum Gasteiger partial charge on any atom is -0.390 e. The summed E-state index contributed by atoms with van der Waals surface area (Å²) in [5.41, 5.74) is 0.852. The largest absolute Gasteiger partial charge is 0.390 e. The highest BCUT2D eigenvalue weighted by Gasteiger charge is 2.26. The Labute approximate surface area is 108 Å². The van der Waals surface area contributed by atoms with Gasteiger partial charge in [0.1, 0.15) is 5.82 Å². The lowest BCUT2D eigenvalue weighted by molar-refractivity contribution is 0.128. The van der Waals surface area contributed by atoms with Gasteiger partial charge < -0.3 is 10.0 Å². The molecule has 100 valence electrons. The molecule has 0 amide bonds. The number of hydrogen-bond donors (Lipinski definition) is 1. The fourth-order valence-corrected chi connectivity index (χ4v) is 2.20. The zero-order valence-electron chi connectivity index (χ0n) is 11.4. The zero-order valence-corrected chi connectivity index (χ0v) is 11.4. The second-order valence-corrected chi connectivity index (χ2v) is 5.67. The summed E-state index contributed by atoms with van der Waals surface area (Å²) < 4.78 is 0. The zero-order chi connectivity index (χ0) is 13.2. The van der Waals surface area contributed by atoms with Crippen molar-refractivity contribution >= 4 is 5.82 Å². The van der Waals surface area contributed by atoms with Gasteiger partial charge in [0, 0.05) is 31.7 Å². The summed E-state index contributed by atoms with van der Waals surface area (Å²) in [6.07, 6.45) is 3.39. The Morgan fingerprint density at radius 2 is 1.78 bits per heavy atom. The molecular formula is C13H22N4O. The van der Waals surface area contributed by atoms with E-state index in [9.17, 15) is 0 Å². The summed E-state index contributed by atoms with van der Waals surface area (Å²) in [6, 6.07) is 0. The molecule has 0 spiro atoms. The first-order valence-corrected chi connectivity index (χ1v) is 6.42. The van der Waals surface area contributed by atoms with Crippen molar-refractivity contribution in [1.82, 2.24) is 14.9 Å². The fraction of sp³-hybridized carbons (Fsp3) is 0.692. The number of aliphatic hydroxyl groups is 1. The standard InChI is InChI=1S/C13H22N4O/c1-13(2,3)17-6-4-16(5-7-17)12-9-14-11(10-18)8-15-12/h8-9,18H,4-7,10H2,1-3H3. The van der Waals surface area contributed by atoms with Gasteiger partial charge in [-0.05, 0) is 20.8 Å². The van der Waals surface area contributed by atoms with E-state index in [4.69, 9.17) is 5.11 Å². The molecule has 1 saturated heterocycles. The number of rotatable bonds is 2. The van der Waals surface area contributed by atoms with Crippen molar-refractivity contribution in [3.05, 3.63) is 18.1 Å². The minimum atomic E-state index is -0.0505. The van der Waals surface area contributed by atoms with Gasteiger partial charge in [0.05, 0.1) is 24.7 Å². The molecule has 0 aromatic carbocycles. The number of aromatic nitrogens is 2. The van der Waals surface area contributed by atoms with Gasteiger partial charge in [0.25, 0.3) is 0 Å². The maximum absolute atomic E-state index is 8.94. The molecule has 0 radical (unpaired) electrons. The number of aliphatic hydroxyl groups excluding tert-OH is 1. The molecule has 2 rings (SSSR count). The third-order valence-electron chi connectivity index (χ3n) is 3.41. The van der Waals surface area contributed by atoms with Crippen LogP contribution in [0.25, 0.3) is 0 Å². The molecule has 0 saturated carbocycles. The van der Waals surface area contributed by atoms with Crippen LogP contribution in [0.2, 0.25) is 0 Å².